The van der Waals surface area contributed by atoms with Crippen molar-refractivity contribution in [1.29, 1.82) is 0 Å². The van der Waals surface area contributed by atoms with Crippen LogP contribution in [0.1, 0.15) is 24.6 Å². The molecule has 0 unspecified atom stereocenters. The van der Waals surface area contributed by atoms with Crippen molar-refractivity contribution >= 4 is 18.0 Å². The van der Waals surface area contributed by atoms with Crippen LogP contribution in [0.4, 0.5) is 0 Å². The smallest absolute Gasteiger partial charge is 0.251 e. The maximum Gasteiger partial charge on any atom is 0.251 e. The monoisotopic (exact) mass is 208 g/mol. The molecular formula is C9H12N4S. The van der Waals surface area contributed by atoms with E-state index in [-0.39, 0.29) is 0 Å². The summed E-state index contributed by atoms with van der Waals surface area (Å²) in [6, 6.07) is 0. The molecule has 1 N–H and O–H groups in total. The van der Waals surface area contributed by atoms with Crippen LogP contribution in [0.15, 0.2) is 6.33 Å². The van der Waals surface area contributed by atoms with Crippen LogP contribution < -0.4 is 0 Å². The van der Waals surface area contributed by atoms with E-state index in [0.717, 1.165) is 28.7 Å². The molecule has 2 heterocycles. The summed E-state index contributed by atoms with van der Waals surface area (Å²) >= 11 is 5.35. The third kappa shape index (κ3) is 1.33. The van der Waals surface area contributed by atoms with Crippen molar-refractivity contribution in [1.82, 2.24) is 19.6 Å². The lowest BCUT2D eigenvalue weighted by Crippen LogP contribution is -2.02. The molecule has 0 aliphatic rings. The highest BCUT2D eigenvalue weighted by Crippen LogP contribution is 2.11. The second-order valence-corrected chi connectivity index (χ2v) is 3.64. The second kappa shape index (κ2) is 3.49. The summed E-state index contributed by atoms with van der Waals surface area (Å²) in [6.45, 7) is 4.12. The molecule has 5 heteroatoms. The molecule has 0 radical (unpaired) electrons. The zero-order chi connectivity index (χ0) is 10.1. The van der Waals surface area contributed by atoms with E-state index in [1.165, 1.54) is 0 Å². The first kappa shape index (κ1) is 9.33. The van der Waals surface area contributed by atoms with Gasteiger partial charge in [0.15, 0.2) is 0 Å². The highest BCUT2D eigenvalue weighted by atomic mass is 32.1. The third-order valence-electron chi connectivity index (χ3n) is 2.23. The van der Waals surface area contributed by atoms with Gasteiger partial charge in [-0.05, 0) is 13.3 Å². The SMILES string of the molecule is CCCc1c(C)nc2nc[nH]n2c1=S. The van der Waals surface area contributed by atoms with E-state index >= 15 is 0 Å². The highest BCUT2D eigenvalue weighted by molar-refractivity contribution is 7.71. The van der Waals surface area contributed by atoms with Crippen molar-refractivity contribution in [3.05, 3.63) is 22.2 Å². The molecule has 2 aromatic heterocycles. The molecule has 0 aliphatic heterocycles. The molecule has 0 amide bonds. The zero-order valence-electron chi connectivity index (χ0n) is 8.24. The molecule has 0 bridgehead atoms. The van der Waals surface area contributed by atoms with E-state index in [2.05, 4.69) is 22.0 Å². The second-order valence-electron chi connectivity index (χ2n) is 3.25. The van der Waals surface area contributed by atoms with Gasteiger partial charge in [0.1, 0.15) is 11.0 Å². The summed E-state index contributed by atoms with van der Waals surface area (Å²) in [5, 5.41) is 2.95. The van der Waals surface area contributed by atoms with Gasteiger partial charge in [-0.25, -0.2) is 14.5 Å². The molecule has 2 aromatic rings. The van der Waals surface area contributed by atoms with Gasteiger partial charge in [-0.1, -0.05) is 25.6 Å². The van der Waals surface area contributed by atoms with Gasteiger partial charge < -0.3 is 0 Å². The Hall–Kier alpha value is -1.23. The van der Waals surface area contributed by atoms with Gasteiger partial charge in [-0.15, -0.1) is 0 Å². The minimum atomic E-state index is 0.646. The molecule has 0 spiro atoms. The molecule has 0 aromatic carbocycles. The van der Waals surface area contributed by atoms with Crippen LogP contribution in [0.5, 0.6) is 0 Å². The van der Waals surface area contributed by atoms with Gasteiger partial charge in [0.2, 0.25) is 0 Å². The van der Waals surface area contributed by atoms with Crippen LogP contribution in [-0.4, -0.2) is 19.6 Å². The number of aromatic amines is 1. The fourth-order valence-corrected chi connectivity index (χ4v) is 1.92. The molecule has 0 aliphatic carbocycles. The fraction of sp³-hybridized carbons (Fsp3) is 0.444. The predicted molar refractivity (Wildman–Crippen MR) is 56.9 cm³/mol. The van der Waals surface area contributed by atoms with Gasteiger partial charge in [-0.2, -0.15) is 0 Å². The van der Waals surface area contributed by atoms with Crippen LogP contribution in [0.2, 0.25) is 0 Å². The average Bonchev–Trinajstić information content (AvgIpc) is 2.60. The van der Waals surface area contributed by atoms with Crippen molar-refractivity contribution < 1.29 is 0 Å². The predicted octanol–water partition coefficient (Wildman–Crippen LogP) is 2.05. The molecule has 0 fully saturated rings. The minimum Gasteiger partial charge on any atom is -0.280 e. The first-order valence-electron chi connectivity index (χ1n) is 4.65. The van der Waals surface area contributed by atoms with E-state index in [4.69, 9.17) is 12.2 Å². The molecule has 0 atom stereocenters. The summed E-state index contributed by atoms with van der Waals surface area (Å²) in [6.07, 6.45) is 3.65. The topological polar surface area (TPSA) is 46.0 Å². The van der Waals surface area contributed by atoms with E-state index in [0.29, 0.717) is 5.78 Å². The largest absolute Gasteiger partial charge is 0.280 e. The molecule has 2 rings (SSSR count). The Balaban J connectivity index is 2.76. The van der Waals surface area contributed by atoms with Gasteiger partial charge in [-0.3, -0.25) is 5.10 Å². The van der Waals surface area contributed by atoms with E-state index in [9.17, 15) is 0 Å². The first-order chi connectivity index (χ1) is 6.74. The van der Waals surface area contributed by atoms with Crippen LogP contribution in [0.25, 0.3) is 5.78 Å². The normalized spacial score (nSPS) is 11.0. The summed E-state index contributed by atoms with van der Waals surface area (Å²) < 4.78 is 2.54. The maximum absolute atomic E-state index is 5.35. The van der Waals surface area contributed by atoms with Crippen LogP contribution >= 0.6 is 12.2 Å². The number of nitrogens with one attached hydrogen (secondary N) is 1. The van der Waals surface area contributed by atoms with Gasteiger partial charge in [0.05, 0.1) is 0 Å². The summed E-state index contributed by atoms with van der Waals surface area (Å²) in [4.78, 5) is 8.44. The number of H-pyrrole nitrogens is 1. The van der Waals surface area contributed by atoms with Crippen molar-refractivity contribution in [3.63, 3.8) is 0 Å². The Morgan fingerprint density at radius 2 is 2.36 bits per heavy atom. The van der Waals surface area contributed by atoms with E-state index in [1.807, 2.05) is 6.92 Å². The quantitative estimate of drug-likeness (QED) is 0.768. The van der Waals surface area contributed by atoms with Crippen molar-refractivity contribution in [2.45, 2.75) is 26.7 Å². The number of fused-ring (bicyclic) bond motifs is 1. The highest BCUT2D eigenvalue weighted by Gasteiger charge is 2.06. The summed E-state index contributed by atoms with van der Waals surface area (Å²) in [5.74, 6) is 0.646. The lowest BCUT2D eigenvalue weighted by atomic mass is 10.1. The Morgan fingerprint density at radius 3 is 3.07 bits per heavy atom. The third-order valence-corrected chi connectivity index (χ3v) is 2.66. The number of hydrogen-bond donors (Lipinski definition) is 1. The van der Waals surface area contributed by atoms with E-state index < -0.39 is 0 Å². The Labute approximate surface area is 87.0 Å². The van der Waals surface area contributed by atoms with Gasteiger partial charge in [0.25, 0.3) is 5.78 Å². The summed E-state index contributed by atoms with van der Waals surface area (Å²) in [5.41, 5.74) is 2.13. The first-order valence-corrected chi connectivity index (χ1v) is 5.06. The van der Waals surface area contributed by atoms with Gasteiger partial charge >= 0.3 is 0 Å². The Bertz CT molecular complexity index is 511. The maximum atomic E-state index is 5.35. The lowest BCUT2D eigenvalue weighted by molar-refractivity contribution is 0.836. The number of aromatic nitrogens is 4. The van der Waals surface area contributed by atoms with E-state index in [1.54, 1.807) is 10.8 Å². The number of rotatable bonds is 2. The molecule has 0 saturated heterocycles. The zero-order valence-corrected chi connectivity index (χ0v) is 9.06. The average molecular weight is 208 g/mol. The summed E-state index contributed by atoms with van der Waals surface area (Å²) in [7, 11) is 0. The van der Waals surface area contributed by atoms with Crippen molar-refractivity contribution in [2.75, 3.05) is 0 Å². The fourth-order valence-electron chi connectivity index (χ4n) is 1.53. The Kier molecular flexibility index (Phi) is 2.33. The molecule has 74 valence electrons. The molecule has 4 nitrogen and oxygen atoms in total. The molecule has 14 heavy (non-hydrogen) atoms. The minimum absolute atomic E-state index is 0.646. The van der Waals surface area contributed by atoms with Crippen molar-refractivity contribution in [3.8, 4) is 0 Å². The number of nitrogens with zero attached hydrogens (tertiary/aromatic N) is 3. The molecular weight excluding hydrogens is 196 g/mol. The van der Waals surface area contributed by atoms with Crippen LogP contribution in [0.3, 0.4) is 0 Å². The van der Waals surface area contributed by atoms with Gasteiger partial charge in [0, 0.05) is 11.3 Å². The van der Waals surface area contributed by atoms with Crippen LogP contribution in [-0.2, 0) is 6.42 Å². The Morgan fingerprint density at radius 1 is 1.57 bits per heavy atom. The lowest BCUT2D eigenvalue weighted by Gasteiger charge is -2.04. The number of hydrogen-bond acceptors (Lipinski definition) is 3. The van der Waals surface area contributed by atoms with Crippen molar-refractivity contribution in [2.24, 2.45) is 0 Å². The van der Waals surface area contributed by atoms with Crippen LogP contribution in [0, 0.1) is 11.6 Å². The standard InChI is InChI=1S/C9H12N4S/c1-3-4-7-6(2)12-9-10-5-11-13(9)8(7)14/h5H,3-4H2,1-2H3,(H,10,11,12). The molecule has 0 saturated carbocycles. The number of aryl methyl sites for hydroxylation is 1.